The van der Waals surface area contributed by atoms with Crippen molar-refractivity contribution in [3.05, 3.63) is 116 Å². The highest BCUT2D eigenvalue weighted by molar-refractivity contribution is 6.18. The number of carbonyl (C=O) groups excluding carboxylic acids is 2. The van der Waals surface area contributed by atoms with E-state index < -0.39 is 133 Å². The van der Waals surface area contributed by atoms with Crippen molar-refractivity contribution in [2.45, 2.75) is 79.9 Å². The first-order chi connectivity index (χ1) is 29.1. The smallest absolute Gasteiger partial charge is 0.335 e. The van der Waals surface area contributed by atoms with Crippen LogP contribution in [0.5, 0.6) is 23.0 Å². The third-order valence-electron chi connectivity index (χ3n) is 11.7. The minimum Gasteiger partial charge on any atom is -0.507 e. The molecule has 0 saturated carbocycles. The molecule has 0 bridgehead atoms. The fourth-order valence-electron chi connectivity index (χ4n) is 8.74. The number of fused-ring (bicyclic) bond motifs is 4. The van der Waals surface area contributed by atoms with Gasteiger partial charge in [0.1, 0.15) is 71.8 Å². The van der Waals surface area contributed by atoms with Crippen molar-refractivity contribution >= 4 is 17.5 Å². The molecule has 4 aromatic rings. The van der Waals surface area contributed by atoms with Crippen molar-refractivity contribution in [2.75, 3.05) is 13.2 Å². The number of phenols is 2. The van der Waals surface area contributed by atoms with Crippen molar-refractivity contribution in [2.24, 2.45) is 0 Å². The van der Waals surface area contributed by atoms with Crippen LogP contribution in [-0.4, -0.2) is 153 Å². The van der Waals surface area contributed by atoms with Crippen molar-refractivity contribution in [3.63, 3.8) is 0 Å². The Labute approximate surface area is 344 Å². The highest BCUT2D eigenvalue weighted by atomic mass is 16.7. The quantitative estimate of drug-likeness (QED) is 0.0931. The van der Waals surface area contributed by atoms with Gasteiger partial charge in [-0.2, -0.15) is 0 Å². The summed E-state index contributed by atoms with van der Waals surface area (Å²) >= 11 is 0. The van der Waals surface area contributed by atoms with Crippen LogP contribution in [0.4, 0.5) is 0 Å². The minimum absolute atomic E-state index is 0.0646. The van der Waals surface area contributed by atoms with E-state index in [1.165, 1.54) is 42.5 Å². The number of ether oxygens (including phenoxy) is 4. The fourth-order valence-corrected chi connectivity index (χ4v) is 8.74. The molecule has 2 fully saturated rings. The predicted octanol–water partition coefficient (Wildman–Crippen LogP) is -1.30. The van der Waals surface area contributed by atoms with E-state index in [0.29, 0.717) is 0 Å². The lowest BCUT2D eigenvalue weighted by Gasteiger charge is -2.41. The highest BCUT2D eigenvalue weighted by Gasteiger charge is 2.50. The summed E-state index contributed by atoms with van der Waals surface area (Å²) in [5.74, 6) is -7.67. The molecule has 61 heavy (non-hydrogen) atoms. The molecule has 19 heteroatoms. The predicted molar refractivity (Wildman–Crippen MR) is 201 cm³/mol. The molecule has 12 N–H and O–H groups in total. The van der Waals surface area contributed by atoms with Crippen molar-refractivity contribution in [1.82, 2.24) is 0 Å². The SMILES string of the molecule is O=C(O)c1cc(O)c2c(c1)C([C@H]1c3cc(CO)cc(O)c3C(=O)c3c(O[C@@H]4O[C@H](CO)[C@@H](O)[C@H](O)[C@H]4O)cccc31)c1cccc(O[C@@H]3O[C@H](CO)[C@@H](O)[C@H](O)[C@H]3O)c1C2=O. The third kappa shape index (κ3) is 6.80. The Morgan fingerprint density at radius 2 is 1.00 bits per heavy atom. The number of carboxylic acids is 1. The molecule has 12 atom stereocenters. The van der Waals surface area contributed by atoms with Crippen molar-refractivity contribution in [1.29, 1.82) is 0 Å². The van der Waals surface area contributed by atoms with Crippen LogP contribution in [0, 0.1) is 0 Å². The van der Waals surface area contributed by atoms with Crippen molar-refractivity contribution < 1.29 is 94.6 Å². The second-order valence-electron chi connectivity index (χ2n) is 15.2. The van der Waals surface area contributed by atoms with Crippen LogP contribution in [0.25, 0.3) is 0 Å². The second kappa shape index (κ2) is 16.0. The van der Waals surface area contributed by atoms with Gasteiger partial charge in [-0.25, -0.2) is 4.79 Å². The number of aliphatic hydroxyl groups excluding tert-OH is 9. The molecule has 0 amide bonds. The van der Waals surface area contributed by atoms with Gasteiger partial charge in [-0.15, -0.1) is 0 Å². The first-order valence-corrected chi connectivity index (χ1v) is 19.0. The maximum Gasteiger partial charge on any atom is 0.335 e. The lowest BCUT2D eigenvalue weighted by atomic mass is 9.63. The highest BCUT2D eigenvalue weighted by Crippen LogP contribution is 2.56. The van der Waals surface area contributed by atoms with E-state index in [0.717, 1.165) is 18.2 Å². The second-order valence-corrected chi connectivity index (χ2v) is 15.2. The summed E-state index contributed by atoms with van der Waals surface area (Å²) in [6.07, 6.45) is -17.4. The van der Waals surface area contributed by atoms with E-state index in [2.05, 4.69) is 0 Å². The molecule has 0 spiro atoms. The molecule has 0 radical (unpaired) electrons. The maximum absolute atomic E-state index is 14.7. The van der Waals surface area contributed by atoms with Gasteiger partial charge in [0.2, 0.25) is 24.1 Å². The number of rotatable bonds is 9. The van der Waals surface area contributed by atoms with Gasteiger partial charge >= 0.3 is 5.97 Å². The van der Waals surface area contributed by atoms with E-state index in [1.54, 1.807) is 0 Å². The van der Waals surface area contributed by atoms with Crippen LogP contribution in [0.1, 0.15) is 81.9 Å². The number of hydrogen-bond donors (Lipinski definition) is 12. The van der Waals surface area contributed by atoms with E-state index >= 15 is 0 Å². The van der Waals surface area contributed by atoms with Crippen LogP contribution in [0.3, 0.4) is 0 Å². The summed E-state index contributed by atoms with van der Waals surface area (Å²) in [4.78, 5) is 41.8. The molecular weight excluding hydrogens is 808 g/mol. The van der Waals surface area contributed by atoms with Crippen LogP contribution < -0.4 is 9.47 Å². The zero-order valence-electron chi connectivity index (χ0n) is 31.5. The summed E-state index contributed by atoms with van der Waals surface area (Å²) in [5.41, 5.74) is -1.30. The third-order valence-corrected chi connectivity index (χ3v) is 11.7. The molecule has 2 saturated heterocycles. The van der Waals surface area contributed by atoms with Gasteiger partial charge in [-0.1, -0.05) is 30.3 Å². The molecular formula is C42H40O19. The summed E-state index contributed by atoms with van der Waals surface area (Å²) in [6, 6.07) is 13.1. The molecule has 2 heterocycles. The van der Waals surface area contributed by atoms with E-state index in [1.807, 2.05) is 0 Å². The Hall–Kier alpha value is -5.55. The molecule has 19 nitrogen and oxygen atoms in total. The number of aliphatic hydroxyl groups is 9. The minimum atomic E-state index is -1.91. The van der Waals surface area contributed by atoms with Crippen molar-refractivity contribution in [3.8, 4) is 23.0 Å². The topological polar surface area (TPSA) is 331 Å². The fraction of sp³-hybridized carbons (Fsp3) is 0.357. The average molecular weight is 849 g/mol. The lowest BCUT2D eigenvalue weighted by Crippen LogP contribution is -2.60. The standard InChI is InChI=1S/C42H40O19/c43-11-14-7-18-26(16-3-1-5-22(30(16)34(50)28(18)20(46)8-14)58-41-38(54)36(52)32(48)24(12-44)60-41)27-17-4-2-6-23(59-42-39(55)37(53)33(49)25(13-45)61-42)31(17)35(51)29-19(27)9-15(40(56)57)10-21(29)47/h1-10,24-27,32-33,36-39,41-49,52-55H,11-13H2,(H,56,57)/t24-,25-,26-,27?,32-,33-,36+,37+,38-,39-,41-,42-/m1/s1. The van der Waals surface area contributed by atoms with Gasteiger partial charge in [-0.05, 0) is 58.1 Å². The molecule has 8 rings (SSSR count). The number of phenolic OH excluding ortho intramolecular Hbond substituents is 2. The molecule has 4 aliphatic rings. The van der Waals surface area contributed by atoms with Crippen LogP contribution >= 0.6 is 0 Å². The Kier molecular flexibility index (Phi) is 11.1. The average Bonchev–Trinajstić information content (AvgIpc) is 3.24. The Morgan fingerprint density at radius 3 is 1.43 bits per heavy atom. The van der Waals surface area contributed by atoms with E-state index in [4.69, 9.17) is 18.9 Å². The molecule has 0 aromatic heterocycles. The monoisotopic (exact) mass is 848 g/mol. The number of benzene rings is 4. The lowest BCUT2D eigenvalue weighted by molar-refractivity contribution is -0.277. The summed E-state index contributed by atoms with van der Waals surface area (Å²) in [5, 5.41) is 126. The van der Waals surface area contributed by atoms with Gasteiger partial charge in [-0.3, -0.25) is 9.59 Å². The zero-order valence-corrected chi connectivity index (χ0v) is 31.5. The maximum atomic E-state index is 14.7. The van der Waals surface area contributed by atoms with Gasteiger partial charge in [0.15, 0.2) is 0 Å². The van der Waals surface area contributed by atoms with Gasteiger partial charge in [0, 0.05) is 11.8 Å². The van der Waals surface area contributed by atoms with Gasteiger partial charge < -0.3 is 80.2 Å². The Bertz CT molecular complexity index is 2410. The van der Waals surface area contributed by atoms with E-state index in [-0.39, 0.29) is 56.0 Å². The Balaban J connectivity index is 1.37. The first kappa shape index (κ1) is 42.2. The normalized spacial score (nSPS) is 30.4. The van der Waals surface area contributed by atoms with E-state index in [9.17, 15) is 75.7 Å². The zero-order chi connectivity index (χ0) is 43.8. The largest absolute Gasteiger partial charge is 0.507 e. The van der Waals surface area contributed by atoms with Crippen LogP contribution in [0.2, 0.25) is 0 Å². The molecule has 2 aliphatic carbocycles. The molecule has 1 unspecified atom stereocenters. The number of carbonyl (C=O) groups is 3. The summed E-state index contributed by atoms with van der Waals surface area (Å²) < 4.78 is 23.1. The number of hydrogen-bond acceptors (Lipinski definition) is 18. The summed E-state index contributed by atoms with van der Waals surface area (Å²) in [6.45, 7) is -2.21. The summed E-state index contributed by atoms with van der Waals surface area (Å²) in [7, 11) is 0. The number of ketones is 2. The molecule has 4 aromatic carbocycles. The first-order valence-electron chi connectivity index (χ1n) is 19.0. The Morgan fingerprint density at radius 1 is 0.557 bits per heavy atom. The number of carboxylic acid groups (broad SMARTS) is 1. The number of aromatic hydroxyl groups is 2. The van der Waals surface area contributed by atoms with Gasteiger partial charge in [0.05, 0.1) is 47.6 Å². The number of aromatic carboxylic acids is 1. The molecule has 2 aliphatic heterocycles. The molecule has 322 valence electrons. The van der Waals surface area contributed by atoms with Gasteiger partial charge in [0.25, 0.3) is 0 Å². The van der Waals surface area contributed by atoms with Crippen LogP contribution in [-0.2, 0) is 16.1 Å². The van der Waals surface area contributed by atoms with Crippen LogP contribution in [0.15, 0.2) is 60.7 Å².